The first-order valence-electron chi connectivity index (χ1n) is 5.92. The molecule has 0 aliphatic rings. The van der Waals surface area contributed by atoms with Crippen LogP contribution in [0.15, 0.2) is 50.9 Å². The predicted octanol–water partition coefficient (Wildman–Crippen LogP) is 3.44. The van der Waals surface area contributed by atoms with Gasteiger partial charge in [0.25, 0.3) is 0 Å². The molecule has 1 aromatic carbocycles. The maximum absolute atomic E-state index is 11.8. The second-order valence-electron chi connectivity index (χ2n) is 4.22. The van der Waals surface area contributed by atoms with E-state index in [9.17, 15) is 8.42 Å². The lowest BCUT2D eigenvalue weighted by atomic mass is 10.2. The van der Waals surface area contributed by atoms with E-state index in [1.54, 1.807) is 19.1 Å². The summed E-state index contributed by atoms with van der Waals surface area (Å²) >= 11 is 3.33. The summed E-state index contributed by atoms with van der Waals surface area (Å²) in [7, 11) is -3.47. The highest BCUT2D eigenvalue weighted by Gasteiger charge is 2.07. The summed E-state index contributed by atoms with van der Waals surface area (Å²) in [4.78, 5) is 0. The number of benzene rings is 1. The van der Waals surface area contributed by atoms with Crippen molar-refractivity contribution in [2.45, 2.75) is 13.5 Å². The first kappa shape index (κ1) is 15.0. The molecule has 0 amide bonds. The third kappa shape index (κ3) is 4.33. The van der Waals surface area contributed by atoms with Crippen LogP contribution in [0.1, 0.15) is 16.9 Å². The lowest BCUT2D eigenvalue weighted by molar-refractivity contribution is 0.528. The number of hydrogen-bond acceptors (Lipinski definition) is 3. The van der Waals surface area contributed by atoms with Crippen LogP contribution in [0.2, 0.25) is 0 Å². The molecular formula is C14H14BrNO3S. The molecule has 0 radical (unpaired) electrons. The number of rotatable bonds is 5. The van der Waals surface area contributed by atoms with Gasteiger partial charge < -0.3 is 4.42 Å². The summed E-state index contributed by atoms with van der Waals surface area (Å²) in [5, 5.41) is 1.16. The van der Waals surface area contributed by atoms with E-state index in [1.165, 1.54) is 6.26 Å². The van der Waals surface area contributed by atoms with Crippen LogP contribution < -0.4 is 4.72 Å². The molecule has 1 heterocycles. The fourth-order valence-corrected chi connectivity index (χ4v) is 2.62. The van der Waals surface area contributed by atoms with E-state index in [2.05, 4.69) is 20.7 Å². The Morgan fingerprint density at radius 3 is 2.55 bits per heavy atom. The van der Waals surface area contributed by atoms with Gasteiger partial charge in [-0.05, 0) is 36.8 Å². The SMILES string of the molecule is Cc1occc1CNS(=O)(=O)C=Cc1ccc(Br)cc1. The number of aryl methyl sites for hydroxylation is 1. The van der Waals surface area contributed by atoms with E-state index in [1.807, 2.05) is 24.3 Å². The van der Waals surface area contributed by atoms with Gasteiger partial charge in [0.1, 0.15) is 5.76 Å². The third-order valence-electron chi connectivity index (χ3n) is 2.74. The second kappa shape index (κ2) is 6.39. The van der Waals surface area contributed by atoms with E-state index >= 15 is 0 Å². The molecule has 0 bridgehead atoms. The van der Waals surface area contributed by atoms with Crippen molar-refractivity contribution in [3.05, 3.63) is 63.4 Å². The maximum atomic E-state index is 11.8. The van der Waals surface area contributed by atoms with Crippen molar-refractivity contribution in [2.75, 3.05) is 0 Å². The van der Waals surface area contributed by atoms with E-state index in [0.29, 0.717) is 5.76 Å². The molecular weight excluding hydrogens is 342 g/mol. The van der Waals surface area contributed by atoms with E-state index in [0.717, 1.165) is 21.0 Å². The van der Waals surface area contributed by atoms with Crippen molar-refractivity contribution in [2.24, 2.45) is 0 Å². The largest absolute Gasteiger partial charge is 0.469 e. The number of furan rings is 1. The van der Waals surface area contributed by atoms with Gasteiger partial charge in [-0.2, -0.15) is 0 Å². The smallest absolute Gasteiger partial charge is 0.234 e. The van der Waals surface area contributed by atoms with Crippen LogP contribution in [0.5, 0.6) is 0 Å². The molecule has 2 rings (SSSR count). The molecule has 4 nitrogen and oxygen atoms in total. The van der Waals surface area contributed by atoms with Crippen LogP contribution in [-0.2, 0) is 16.6 Å². The number of hydrogen-bond donors (Lipinski definition) is 1. The first-order chi connectivity index (χ1) is 9.46. The Bertz CT molecular complexity index is 702. The van der Waals surface area contributed by atoms with E-state index < -0.39 is 10.0 Å². The third-order valence-corrected chi connectivity index (χ3v) is 4.31. The monoisotopic (exact) mass is 355 g/mol. The zero-order valence-corrected chi connectivity index (χ0v) is 13.2. The quantitative estimate of drug-likeness (QED) is 0.893. The Balaban J connectivity index is 2.00. The first-order valence-corrected chi connectivity index (χ1v) is 8.26. The van der Waals surface area contributed by atoms with Crippen molar-refractivity contribution >= 4 is 32.0 Å². The molecule has 20 heavy (non-hydrogen) atoms. The molecule has 0 unspecified atom stereocenters. The molecule has 0 fully saturated rings. The van der Waals surface area contributed by atoms with Crippen LogP contribution in [0, 0.1) is 6.92 Å². The molecule has 106 valence electrons. The highest BCUT2D eigenvalue weighted by Crippen LogP contribution is 2.12. The van der Waals surface area contributed by atoms with Crippen LogP contribution in [0.3, 0.4) is 0 Å². The summed E-state index contributed by atoms with van der Waals surface area (Å²) < 4.78 is 32.2. The molecule has 0 saturated carbocycles. The van der Waals surface area contributed by atoms with Crippen molar-refractivity contribution in [3.63, 3.8) is 0 Å². The summed E-state index contributed by atoms with van der Waals surface area (Å²) in [5.41, 5.74) is 1.64. The Labute approximate surface area is 126 Å². The number of nitrogens with one attached hydrogen (secondary N) is 1. The minimum atomic E-state index is -3.47. The van der Waals surface area contributed by atoms with Crippen LogP contribution in [0.4, 0.5) is 0 Å². The maximum Gasteiger partial charge on any atom is 0.234 e. The topological polar surface area (TPSA) is 59.3 Å². The Morgan fingerprint density at radius 1 is 1.25 bits per heavy atom. The summed E-state index contributed by atoms with van der Waals surface area (Å²) in [5.74, 6) is 0.713. The summed E-state index contributed by atoms with van der Waals surface area (Å²) in [6, 6.07) is 9.12. The molecule has 6 heteroatoms. The minimum absolute atomic E-state index is 0.218. The Hall–Kier alpha value is -1.37. The van der Waals surface area contributed by atoms with Gasteiger partial charge in [0, 0.05) is 22.0 Å². The van der Waals surface area contributed by atoms with Crippen molar-refractivity contribution < 1.29 is 12.8 Å². The minimum Gasteiger partial charge on any atom is -0.469 e. The molecule has 0 saturated heterocycles. The lowest BCUT2D eigenvalue weighted by Gasteiger charge is -2.01. The average molecular weight is 356 g/mol. The number of sulfonamides is 1. The lowest BCUT2D eigenvalue weighted by Crippen LogP contribution is -2.20. The number of halogens is 1. The molecule has 0 aliphatic heterocycles. The normalized spacial score (nSPS) is 12.1. The standard InChI is InChI=1S/C14H14BrNO3S/c1-11-13(6-8-19-11)10-16-20(17,18)9-7-12-2-4-14(15)5-3-12/h2-9,16H,10H2,1H3. The second-order valence-corrected chi connectivity index (χ2v) is 6.79. The molecule has 0 spiro atoms. The Kier molecular flexibility index (Phi) is 4.80. The van der Waals surface area contributed by atoms with Crippen molar-refractivity contribution in [3.8, 4) is 0 Å². The van der Waals surface area contributed by atoms with Crippen LogP contribution in [-0.4, -0.2) is 8.42 Å². The van der Waals surface area contributed by atoms with Crippen LogP contribution in [0.25, 0.3) is 6.08 Å². The van der Waals surface area contributed by atoms with Gasteiger partial charge in [0.05, 0.1) is 6.26 Å². The highest BCUT2D eigenvalue weighted by atomic mass is 79.9. The summed E-state index contributed by atoms with van der Waals surface area (Å²) in [6.07, 6.45) is 3.09. The fourth-order valence-electron chi connectivity index (χ4n) is 1.56. The molecule has 0 atom stereocenters. The zero-order chi connectivity index (χ0) is 14.6. The van der Waals surface area contributed by atoms with E-state index in [4.69, 9.17) is 4.42 Å². The van der Waals surface area contributed by atoms with Gasteiger partial charge in [0.2, 0.25) is 10.0 Å². The summed E-state index contributed by atoms with van der Waals surface area (Å²) in [6.45, 7) is 2.01. The van der Waals surface area contributed by atoms with Gasteiger partial charge >= 0.3 is 0 Å². The fraction of sp³-hybridized carbons (Fsp3) is 0.143. The molecule has 1 N–H and O–H groups in total. The Morgan fingerprint density at radius 2 is 1.95 bits per heavy atom. The average Bonchev–Trinajstić information content (AvgIpc) is 2.82. The highest BCUT2D eigenvalue weighted by molar-refractivity contribution is 9.10. The predicted molar refractivity (Wildman–Crippen MR) is 82.4 cm³/mol. The van der Waals surface area contributed by atoms with Gasteiger partial charge in [0.15, 0.2) is 0 Å². The molecule has 1 aromatic heterocycles. The van der Waals surface area contributed by atoms with Gasteiger partial charge in [-0.3, -0.25) is 0 Å². The van der Waals surface area contributed by atoms with Crippen molar-refractivity contribution in [1.29, 1.82) is 0 Å². The van der Waals surface area contributed by atoms with Crippen molar-refractivity contribution in [1.82, 2.24) is 4.72 Å². The van der Waals surface area contributed by atoms with Gasteiger partial charge in [-0.1, -0.05) is 28.1 Å². The molecule has 2 aromatic rings. The van der Waals surface area contributed by atoms with Gasteiger partial charge in [-0.25, -0.2) is 13.1 Å². The zero-order valence-electron chi connectivity index (χ0n) is 10.8. The molecule has 0 aliphatic carbocycles. The van der Waals surface area contributed by atoms with Gasteiger partial charge in [-0.15, -0.1) is 0 Å². The van der Waals surface area contributed by atoms with Crippen LogP contribution >= 0.6 is 15.9 Å². The van der Waals surface area contributed by atoms with E-state index in [-0.39, 0.29) is 6.54 Å².